The van der Waals surface area contributed by atoms with E-state index in [2.05, 4.69) is 0 Å². The van der Waals surface area contributed by atoms with Gasteiger partial charge in [-0.05, 0) is 25.8 Å². The van der Waals surface area contributed by atoms with Gasteiger partial charge in [-0.2, -0.15) is 0 Å². The number of para-hydroxylation sites is 1. The minimum absolute atomic E-state index is 0.114. The van der Waals surface area contributed by atoms with Crippen molar-refractivity contribution in [3.8, 4) is 0 Å². The number of Topliss-reactive ketones (excluding diaryl/α,β-unsaturated/α-hetero) is 1. The highest BCUT2D eigenvalue weighted by molar-refractivity contribution is 6.08. The largest absolute Gasteiger partial charge is 0.503 e. The van der Waals surface area contributed by atoms with Crippen molar-refractivity contribution >= 4 is 17.4 Å². The fraction of sp³-hybridized carbons (Fsp3) is 0.412. The molecule has 0 saturated carbocycles. The zero-order valence-corrected chi connectivity index (χ0v) is 13.7. The number of nitro benzene ring substituents is 1. The average molecular weight is 346 g/mol. The molecule has 2 aliphatic heterocycles. The number of nitrogens with zero attached hydrogens (tertiary/aromatic N) is 2. The van der Waals surface area contributed by atoms with Crippen LogP contribution in [0.15, 0.2) is 35.6 Å². The van der Waals surface area contributed by atoms with Crippen LogP contribution in [0.25, 0.3) is 0 Å². The average Bonchev–Trinajstić information content (AvgIpc) is 3.17. The van der Waals surface area contributed by atoms with Gasteiger partial charge in [0.1, 0.15) is 0 Å². The van der Waals surface area contributed by atoms with Crippen molar-refractivity contribution in [3.05, 3.63) is 51.3 Å². The molecule has 8 nitrogen and oxygen atoms in total. The summed E-state index contributed by atoms with van der Waals surface area (Å²) in [7, 11) is 0. The number of hydrogen-bond acceptors (Lipinski definition) is 6. The second kappa shape index (κ2) is 6.64. The van der Waals surface area contributed by atoms with Gasteiger partial charge < -0.3 is 14.7 Å². The number of amides is 1. The van der Waals surface area contributed by atoms with E-state index in [0.717, 1.165) is 12.8 Å². The lowest BCUT2D eigenvalue weighted by Gasteiger charge is -2.28. The molecule has 0 spiro atoms. The molecule has 8 heteroatoms. The Bertz CT molecular complexity index is 766. The van der Waals surface area contributed by atoms with Crippen LogP contribution < -0.4 is 0 Å². The maximum atomic E-state index is 12.5. The maximum absolute atomic E-state index is 12.5. The number of ketones is 1. The normalized spacial score (nSPS) is 23.4. The molecular weight excluding hydrogens is 328 g/mol. The summed E-state index contributed by atoms with van der Waals surface area (Å²) < 4.78 is 5.54. The van der Waals surface area contributed by atoms with E-state index in [1.807, 2.05) is 0 Å². The number of ether oxygens (including phenoxy) is 1. The zero-order valence-electron chi connectivity index (χ0n) is 13.7. The lowest BCUT2D eigenvalue weighted by Crippen LogP contribution is -2.37. The van der Waals surface area contributed by atoms with Crippen LogP contribution in [-0.2, 0) is 14.3 Å². The second-order valence-corrected chi connectivity index (χ2v) is 6.13. The summed E-state index contributed by atoms with van der Waals surface area (Å²) >= 11 is 0. The molecule has 2 heterocycles. The quantitative estimate of drug-likeness (QED) is 0.645. The summed E-state index contributed by atoms with van der Waals surface area (Å²) in [4.78, 5) is 36.7. The third-order valence-corrected chi connectivity index (χ3v) is 4.54. The van der Waals surface area contributed by atoms with Crippen LogP contribution in [0.1, 0.15) is 31.4 Å². The van der Waals surface area contributed by atoms with Crippen LogP contribution in [0.5, 0.6) is 0 Å². The van der Waals surface area contributed by atoms with Gasteiger partial charge >= 0.3 is 0 Å². The Morgan fingerprint density at radius 3 is 2.76 bits per heavy atom. The highest BCUT2D eigenvalue weighted by Gasteiger charge is 2.45. The molecular formula is C17H18N2O6. The lowest BCUT2D eigenvalue weighted by molar-refractivity contribution is -0.385. The summed E-state index contributed by atoms with van der Waals surface area (Å²) in [5.74, 6) is -1.85. The fourth-order valence-electron chi connectivity index (χ4n) is 3.42. The van der Waals surface area contributed by atoms with Gasteiger partial charge in [0, 0.05) is 19.2 Å². The molecule has 0 unspecified atom stereocenters. The summed E-state index contributed by atoms with van der Waals surface area (Å²) in [6, 6.07) is 4.94. The number of aliphatic hydroxyl groups excluding tert-OH is 1. The van der Waals surface area contributed by atoms with Crippen LogP contribution in [0.4, 0.5) is 5.69 Å². The summed E-state index contributed by atoms with van der Waals surface area (Å²) in [5.41, 5.74) is -0.114. The van der Waals surface area contributed by atoms with Gasteiger partial charge in [0.05, 0.1) is 28.2 Å². The number of aliphatic hydroxyl groups is 1. The van der Waals surface area contributed by atoms with Gasteiger partial charge in [-0.25, -0.2) is 0 Å². The Labute approximate surface area is 143 Å². The van der Waals surface area contributed by atoms with E-state index < -0.39 is 28.4 Å². The van der Waals surface area contributed by atoms with E-state index in [-0.39, 0.29) is 29.5 Å². The van der Waals surface area contributed by atoms with E-state index in [4.69, 9.17) is 4.74 Å². The minimum atomic E-state index is -0.990. The molecule has 1 fully saturated rings. The first-order valence-electron chi connectivity index (χ1n) is 8.01. The molecule has 0 aliphatic carbocycles. The molecule has 1 N–H and O–H groups in total. The van der Waals surface area contributed by atoms with Crippen molar-refractivity contribution in [2.24, 2.45) is 0 Å². The van der Waals surface area contributed by atoms with Crippen LogP contribution in [0.3, 0.4) is 0 Å². The third-order valence-electron chi connectivity index (χ3n) is 4.54. The van der Waals surface area contributed by atoms with Crippen LogP contribution in [-0.4, -0.2) is 45.9 Å². The highest BCUT2D eigenvalue weighted by atomic mass is 16.6. The van der Waals surface area contributed by atoms with Crippen LogP contribution >= 0.6 is 0 Å². The Hall–Kier alpha value is -2.74. The molecule has 0 radical (unpaired) electrons. The molecule has 1 aromatic carbocycles. The molecule has 0 aromatic heterocycles. The number of hydrogen-bond donors (Lipinski definition) is 1. The fourth-order valence-corrected chi connectivity index (χ4v) is 3.42. The van der Waals surface area contributed by atoms with Gasteiger partial charge in [0.25, 0.3) is 11.6 Å². The predicted molar refractivity (Wildman–Crippen MR) is 86.9 cm³/mol. The van der Waals surface area contributed by atoms with Gasteiger partial charge in [-0.1, -0.05) is 12.1 Å². The molecule has 1 saturated heterocycles. The summed E-state index contributed by atoms with van der Waals surface area (Å²) in [6.07, 6.45) is 1.40. The first-order chi connectivity index (χ1) is 11.9. The van der Waals surface area contributed by atoms with E-state index >= 15 is 0 Å². The summed E-state index contributed by atoms with van der Waals surface area (Å²) in [6.45, 7) is 1.98. The van der Waals surface area contributed by atoms with Crippen molar-refractivity contribution in [2.45, 2.75) is 31.9 Å². The van der Waals surface area contributed by atoms with E-state index in [9.17, 15) is 24.8 Å². The van der Waals surface area contributed by atoms with Crippen LogP contribution in [0.2, 0.25) is 0 Å². The van der Waals surface area contributed by atoms with Gasteiger partial charge in [-0.15, -0.1) is 0 Å². The number of carbonyl (C=O) groups excluding carboxylic acids is 2. The van der Waals surface area contributed by atoms with Crippen molar-refractivity contribution in [3.63, 3.8) is 0 Å². The van der Waals surface area contributed by atoms with Gasteiger partial charge in [0.2, 0.25) is 0 Å². The van der Waals surface area contributed by atoms with E-state index in [1.165, 1.54) is 30.0 Å². The second-order valence-electron chi connectivity index (χ2n) is 6.13. The Balaban J connectivity index is 2.08. The van der Waals surface area contributed by atoms with Crippen LogP contribution in [0, 0.1) is 10.1 Å². The zero-order chi connectivity index (χ0) is 18.1. The highest BCUT2D eigenvalue weighted by Crippen LogP contribution is 2.41. The van der Waals surface area contributed by atoms with Crippen molar-refractivity contribution in [1.82, 2.24) is 4.90 Å². The SMILES string of the molecule is CC(=O)C1=C(O)C(=O)N(C[C@@H]2CCCO2)[C@H]1c1ccccc1[N+](=O)[O-]. The smallest absolute Gasteiger partial charge is 0.290 e. The topological polar surface area (TPSA) is 110 Å². The van der Waals surface area contributed by atoms with E-state index in [0.29, 0.717) is 6.61 Å². The summed E-state index contributed by atoms with van der Waals surface area (Å²) in [5, 5.41) is 21.6. The number of nitro groups is 1. The number of benzene rings is 1. The molecule has 0 bridgehead atoms. The van der Waals surface area contributed by atoms with E-state index in [1.54, 1.807) is 6.07 Å². The first kappa shape index (κ1) is 17.1. The standard InChI is InChI=1S/C17H18N2O6/c1-10(20)14-15(12-6-2-3-7-13(12)19(23)24)18(17(22)16(14)21)9-11-5-4-8-25-11/h2-3,6-7,11,15,21H,4-5,8-9H2,1H3/t11-,15-/m0/s1. The molecule has 132 valence electrons. The maximum Gasteiger partial charge on any atom is 0.290 e. The van der Waals surface area contributed by atoms with Gasteiger partial charge in [0.15, 0.2) is 11.5 Å². The number of rotatable bonds is 5. The first-order valence-corrected chi connectivity index (χ1v) is 8.01. The molecule has 2 atom stereocenters. The van der Waals surface area contributed by atoms with Crippen molar-refractivity contribution in [1.29, 1.82) is 0 Å². The molecule has 1 amide bonds. The molecule has 2 aliphatic rings. The lowest BCUT2D eigenvalue weighted by atomic mass is 9.95. The van der Waals surface area contributed by atoms with Crippen molar-refractivity contribution < 1.29 is 24.4 Å². The van der Waals surface area contributed by atoms with Gasteiger partial charge in [-0.3, -0.25) is 19.7 Å². The Kier molecular flexibility index (Phi) is 4.54. The predicted octanol–water partition coefficient (Wildman–Crippen LogP) is 2.06. The third kappa shape index (κ3) is 3.00. The number of carbonyl (C=O) groups is 2. The molecule has 25 heavy (non-hydrogen) atoms. The monoisotopic (exact) mass is 346 g/mol. The molecule has 1 aromatic rings. The van der Waals surface area contributed by atoms with Crippen molar-refractivity contribution in [2.75, 3.05) is 13.2 Å². The Morgan fingerprint density at radius 2 is 2.16 bits per heavy atom. The molecule has 3 rings (SSSR count). The minimum Gasteiger partial charge on any atom is -0.503 e. The Morgan fingerprint density at radius 1 is 1.44 bits per heavy atom.